The largest absolute Gasteiger partial charge is 0.449 e. The molecule has 4 heteroatoms. The maximum absolute atomic E-state index is 12.3. The summed E-state index contributed by atoms with van der Waals surface area (Å²) in [5.74, 6) is 0.0641. The van der Waals surface area contributed by atoms with Crippen LogP contribution < -0.4 is 0 Å². The molecule has 1 aliphatic carbocycles. The van der Waals surface area contributed by atoms with E-state index in [9.17, 15) is 9.59 Å². The minimum Gasteiger partial charge on any atom is -0.449 e. The van der Waals surface area contributed by atoms with Gasteiger partial charge in [0.05, 0.1) is 6.61 Å². The van der Waals surface area contributed by atoms with E-state index in [1.165, 1.54) is 6.42 Å². The molecule has 1 atom stereocenters. The molecular weight excluding hydrogens is 314 g/mol. The van der Waals surface area contributed by atoms with Crippen molar-refractivity contribution in [1.29, 1.82) is 0 Å². The van der Waals surface area contributed by atoms with E-state index < -0.39 is 0 Å². The third-order valence-corrected chi connectivity index (χ3v) is 5.37. The third kappa shape index (κ3) is 5.58. The molecule has 0 saturated carbocycles. The fraction of sp³-hybridized carbons (Fsp3) is 0.619. The molecule has 0 aromatic carbocycles. The first-order chi connectivity index (χ1) is 11.8. The normalized spacial score (nSPS) is 27.6. The molecule has 1 amide bonds. The Morgan fingerprint density at radius 2 is 1.88 bits per heavy atom. The second-order valence-corrected chi connectivity index (χ2v) is 7.81. The van der Waals surface area contributed by atoms with Gasteiger partial charge in [0.1, 0.15) is 0 Å². The molecule has 2 rings (SSSR count). The topological polar surface area (TPSA) is 46.6 Å². The Morgan fingerprint density at radius 3 is 2.52 bits per heavy atom. The lowest BCUT2D eigenvalue weighted by Crippen LogP contribution is -2.38. The lowest BCUT2D eigenvalue weighted by atomic mass is 9.80. The van der Waals surface area contributed by atoms with Crippen molar-refractivity contribution in [3.8, 4) is 0 Å². The van der Waals surface area contributed by atoms with Crippen molar-refractivity contribution in [2.45, 2.75) is 58.8 Å². The van der Waals surface area contributed by atoms with Gasteiger partial charge in [0.25, 0.3) is 0 Å². The number of likely N-dealkylation sites (tertiary alicyclic amines) is 1. The summed E-state index contributed by atoms with van der Waals surface area (Å²) in [6.07, 6.45) is 7.77. The van der Waals surface area contributed by atoms with E-state index in [0.717, 1.165) is 49.9 Å². The van der Waals surface area contributed by atoms with Crippen LogP contribution in [-0.2, 0) is 9.53 Å². The Morgan fingerprint density at radius 1 is 1.24 bits per heavy atom. The lowest BCUT2D eigenvalue weighted by molar-refractivity contribution is -0.115. The summed E-state index contributed by atoms with van der Waals surface area (Å²) in [6.45, 7) is 13.9. The highest BCUT2D eigenvalue weighted by molar-refractivity contribution is 5.97. The van der Waals surface area contributed by atoms with Gasteiger partial charge in [-0.25, -0.2) is 4.79 Å². The lowest BCUT2D eigenvalue weighted by Gasteiger charge is -2.31. The van der Waals surface area contributed by atoms with Crippen molar-refractivity contribution in [2.24, 2.45) is 5.41 Å². The number of piperidine rings is 1. The number of carbonyl (C=O) groups excluding carboxylic acids is 2. The predicted molar refractivity (Wildman–Crippen MR) is 100 cm³/mol. The molecule has 1 unspecified atom stereocenters. The molecule has 4 nitrogen and oxygen atoms in total. The minimum atomic E-state index is -0.216. The summed E-state index contributed by atoms with van der Waals surface area (Å²) in [4.78, 5) is 26.4. The number of Topliss-reactive ketones (excluding diaryl/α,β-unsaturated/α-hetero) is 1. The Balaban J connectivity index is 2.01. The summed E-state index contributed by atoms with van der Waals surface area (Å²) in [6, 6.07) is 0. The molecule has 138 valence electrons. The predicted octanol–water partition coefficient (Wildman–Crippen LogP) is 4.82. The molecule has 0 N–H and O–H groups in total. The minimum absolute atomic E-state index is 0.0641. The van der Waals surface area contributed by atoms with Crippen LogP contribution in [0, 0.1) is 5.41 Å². The van der Waals surface area contributed by atoms with Crippen LogP contribution in [0.25, 0.3) is 0 Å². The Bertz CT molecular complexity index is 584. The standard InChI is InChI=1S/C21H31NO3/c1-16(2)18-8-10-21(4,11-9-19(23)17(3)14-18)15-25-20(24)22-12-6-5-7-13-22/h14H,1,3,5-13,15H2,2,4H3/b18-14+. The SMILES string of the molecule is C=C1/C=C(/C(=C)C)CCC(C)(COC(=O)N2CCCCC2)CCC1=O. The van der Waals surface area contributed by atoms with Gasteiger partial charge in [-0.15, -0.1) is 0 Å². The van der Waals surface area contributed by atoms with Gasteiger partial charge >= 0.3 is 6.09 Å². The summed E-state index contributed by atoms with van der Waals surface area (Å²) in [7, 11) is 0. The number of allylic oxidation sites excluding steroid dienone is 4. The number of hydrogen-bond acceptors (Lipinski definition) is 3. The van der Waals surface area contributed by atoms with E-state index in [-0.39, 0.29) is 17.3 Å². The van der Waals surface area contributed by atoms with Crippen LogP contribution in [0.1, 0.15) is 58.8 Å². The second kappa shape index (κ2) is 8.50. The summed E-state index contributed by atoms with van der Waals surface area (Å²) in [5.41, 5.74) is 2.37. The van der Waals surface area contributed by atoms with E-state index in [4.69, 9.17) is 4.74 Å². The number of ketones is 1. The Kier molecular flexibility index (Phi) is 6.63. The second-order valence-electron chi connectivity index (χ2n) is 7.81. The highest BCUT2D eigenvalue weighted by atomic mass is 16.6. The van der Waals surface area contributed by atoms with Crippen LogP contribution in [-0.4, -0.2) is 36.5 Å². The van der Waals surface area contributed by atoms with E-state index in [0.29, 0.717) is 25.0 Å². The zero-order valence-electron chi connectivity index (χ0n) is 15.7. The number of carbonyl (C=O) groups is 2. The smallest absolute Gasteiger partial charge is 0.409 e. The van der Waals surface area contributed by atoms with E-state index in [2.05, 4.69) is 20.1 Å². The van der Waals surface area contributed by atoms with Crippen molar-refractivity contribution >= 4 is 11.9 Å². The van der Waals surface area contributed by atoms with Crippen molar-refractivity contribution < 1.29 is 14.3 Å². The molecule has 0 aromatic rings. The number of amides is 1. The van der Waals surface area contributed by atoms with Gasteiger partial charge in [-0.2, -0.15) is 0 Å². The number of ether oxygens (including phenoxy) is 1. The van der Waals surface area contributed by atoms with Gasteiger partial charge in [-0.3, -0.25) is 4.79 Å². The first-order valence-electron chi connectivity index (χ1n) is 9.31. The molecule has 0 aromatic heterocycles. The molecule has 2 aliphatic rings. The Labute approximate surface area is 151 Å². The van der Waals surface area contributed by atoms with Gasteiger partial charge in [0.2, 0.25) is 0 Å². The molecule has 0 bridgehead atoms. The van der Waals surface area contributed by atoms with Crippen LogP contribution in [0.4, 0.5) is 4.79 Å². The highest BCUT2D eigenvalue weighted by Crippen LogP contribution is 2.35. The molecule has 1 aliphatic heterocycles. The highest BCUT2D eigenvalue weighted by Gasteiger charge is 2.30. The van der Waals surface area contributed by atoms with Crippen molar-refractivity contribution in [3.05, 3.63) is 36.0 Å². The van der Waals surface area contributed by atoms with Gasteiger partial charge in [-0.05, 0) is 57.1 Å². The Hall–Kier alpha value is -1.84. The third-order valence-electron chi connectivity index (χ3n) is 5.37. The van der Waals surface area contributed by atoms with Gasteiger partial charge in [-0.1, -0.05) is 25.7 Å². The molecule has 1 fully saturated rings. The van der Waals surface area contributed by atoms with Crippen LogP contribution >= 0.6 is 0 Å². The molecule has 0 radical (unpaired) electrons. The zero-order chi connectivity index (χ0) is 18.4. The maximum Gasteiger partial charge on any atom is 0.409 e. The average molecular weight is 345 g/mol. The first kappa shape index (κ1) is 19.5. The maximum atomic E-state index is 12.3. The van der Waals surface area contributed by atoms with Crippen LogP contribution in [0.5, 0.6) is 0 Å². The van der Waals surface area contributed by atoms with Crippen molar-refractivity contribution in [3.63, 3.8) is 0 Å². The zero-order valence-corrected chi connectivity index (χ0v) is 15.7. The molecule has 1 saturated heterocycles. The van der Waals surface area contributed by atoms with Crippen LogP contribution in [0.2, 0.25) is 0 Å². The van der Waals surface area contributed by atoms with Gasteiger partial charge in [0.15, 0.2) is 5.78 Å². The number of nitrogens with zero attached hydrogens (tertiary/aromatic N) is 1. The molecule has 0 spiro atoms. The summed E-state index contributed by atoms with van der Waals surface area (Å²) in [5, 5.41) is 0. The summed E-state index contributed by atoms with van der Waals surface area (Å²) < 4.78 is 5.63. The molecule has 25 heavy (non-hydrogen) atoms. The van der Waals surface area contributed by atoms with Crippen molar-refractivity contribution in [1.82, 2.24) is 4.90 Å². The molecule has 1 heterocycles. The van der Waals surface area contributed by atoms with E-state index >= 15 is 0 Å². The van der Waals surface area contributed by atoms with Crippen molar-refractivity contribution in [2.75, 3.05) is 19.7 Å². The summed E-state index contributed by atoms with van der Waals surface area (Å²) >= 11 is 0. The van der Waals surface area contributed by atoms with E-state index in [1.54, 1.807) is 4.90 Å². The quantitative estimate of drug-likeness (QED) is 0.689. The van der Waals surface area contributed by atoms with Crippen LogP contribution in [0.15, 0.2) is 36.0 Å². The first-order valence-corrected chi connectivity index (χ1v) is 9.31. The average Bonchev–Trinajstić information content (AvgIpc) is 2.66. The number of hydrogen-bond donors (Lipinski definition) is 0. The van der Waals surface area contributed by atoms with E-state index in [1.807, 2.05) is 13.0 Å². The fourth-order valence-electron chi connectivity index (χ4n) is 3.38. The monoisotopic (exact) mass is 345 g/mol. The van der Waals surface area contributed by atoms with Gasteiger partial charge in [0, 0.05) is 30.5 Å². The van der Waals surface area contributed by atoms with Crippen LogP contribution in [0.3, 0.4) is 0 Å². The fourth-order valence-corrected chi connectivity index (χ4v) is 3.38. The molecular formula is C21H31NO3. The number of rotatable bonds is 3. The van der Waals surface area contributed by atoms with Gasteiger partial charge < -0.3 is 9.64 Å².